The molecule has 0 aromatic heterocycles. The third-order valence-corrected chi connectivity index (χ3v) is 2.37. The van der Waals surface area contributed by atoms with E-state index in [0.29, 0.717) is 16.5 Å². The molecule has 1 N–H and O–H groups in total. The van der Waals surface area contributed by atoms with Gasteiger partial charge in [-0.1, -0.05) is 11.6 Å². The standard InChI is InChI=1S/C12H14ClNO3/c1-8(15)3-6-12(16)14-10-7-9(13)4-5-11(10)17-2/h4-5,7H,3,6H2,1-2H3,(H,14,16). The Morgan fingerprint density at radius 1 is 1.35 bits per heavy atom. The number of ether oxygens (including phenoxy) is 1. The number of methoxy groups -OCH3 is 1. The molecular formula is C12H14ClNO3. The Hall–Kier alpha value is -1.55. The van der Waals surface area contributed by atoms with E-state index in [-0.39, 0.29) is 24.5 Å². The summed E-state index contributed by atoms with van der Waals surface area (Å²) >= 11 is 5.82. The lowest BCUT2D eigenvalue weighted by Gasteiger charge is -2.10. The van der Waals surface area contributed by atoms with Crippen molar-refractivity contribution in [3.05, 3.63) is 23.2 Å². The van der Waals surface area contributed by atoms with Crippen molar-refractivity contribution in [1.82, 2.24) is 0 Å². The topological polar surface area (TPSA) is 55.4 Å². The molecule has 1 amide bonds. The van der Waals surface area contributed by atoms with Crippen molar-refractivity contribution in [1.29, 1.82) is 0 Å². The predicted molar refractivity (Wildman–Crippen MR) is 66.5 cm³/mol. The van der Waals surface area contributed by atoms with Gasteiger partial charge in [0.1, 0.15) is 11.5 Å². The predicted octanol–water partition coefficient (Wildman–Crippen LogP) is 2.66. The lowest BCUT2D eigenvalue weighted by molar-refractivity contribution is -0.121. The number of nitrogens with one attached hydrogen (secondary N) is 1. The average molecular weight is 256 g/mol. The molecule has 0 aliphatic heterocycles. The number of rotatable bonds is 5. The SMILES string of the molecule is COc1ccc(Cl)cc1NC(=O)CCC(C)=O. The van der Waals surface area contributed by atoms with E-state index in [0.717, 1.165) is 0 Å². The normalized spacial score (nSPS) is 9.82. The van der Waals surface area contributed by atoms with Crippen LogP contribution in [0.1, 0.15) is 19.8 Å². The second-order valence-electron chi connectivity index (χ2n) is 3.59. The van der Waals surface area contributed by atoms with Crippen LogP contribution in [0.4, 0.5) is 5.69 Å². The molecule has 0 radical (unpaired) electrons. The third kappa shape index (κ3) is 4.44. The van der Waals surface area contributed by atoms with Crippen molar-refractivity contribution in [2.75, 3.05) is 12.4 Å². The maximum Gasteiger partial charge on any atom is 0.224 e. The van der Waals surface area contributed by atoms with Gasteiger partial charge in [0.05, 0.1) is 12.8 Å². The first kappa shape index (κ1) is 13.5. The molecule has 0 fully saturated rings. The quantitative estimate of drug-likeness (QED) is 0.880. The van der Waals surface area contributed by atoms with Crippen molar-refractivity contribution >= 4 is 29.0 Å². The summed E-state index contributed by atoms with van der Waals surface area (Å²) in [6.07, 6.45) is 0.389. The van der Waals surface area contributed by atoms with E-state index in [2.05, 4.69) is 5.32 Å². The number of ketones is 1. The first-order chi connectivity index (χ1) is 8.02. The molecular weight excluding hydrogens is 242 g/mol. The van der Waals surface area contributed by atoms with Crippen molar-refractivity contribution in [3.8, 4) is 5.75 Å². The monoisotopic (exact) mass is 255 g/mol. The molecule has 1 rings (SSSR count). The minimum Gasteiger partial charge on any atom is -0.495 e. The van der Waals surface area contributed by atoms with Gasteiger partial charge in [0.2, 0.25) is 5.91 Å². The summed E-state index contributed by atoms with van der Waals surface area (Å²) in [5.74, 6) is 0.282. The fourth-order valence-corrected chi connectivity index (χ4v) is 1.45. The summed E-state index contributed by atoms with van der Waals surface area (Å²) in [7, 11) is 1.51. The lowest BCUT2D eigenvalue weighted by Crippen LogP contribution is -2.13. The lowest BCUT2D eigenvalue weighted by atomic mass is 10.2. The Morgan fingerprint density at radius 3 is 2.65 bits per heavy atom. The smallest absolute Gasteiger partial charge is 0.224 e. The summed E-state index contributed by atoms with van der Waals surface area (Å²) < 4.78 is 5.09. The molecule has 1 aromatic rings. The Bertz CT molecular complexity index is 432. The van der Waals surface area contributed by atoms with Gasteiger partial charge in [-0.05, 0) is 25.1 Å². The van der Waals surface area contributed by atoms with Gasteiger partial charge in [-0.25, -0.2) is 0 Å². The third-order valence-electron chi connectivity index (χ3n) is 2.14. The second kappa shape index (κ2) is 6.25. The van der Waals surface area contributed by atoms with Crippen LogP contribution in [-0.2, 0) is 9.59 Å². The van der Waals surface area contributed by atoms with E-state index in [1.807, 2.05) is 0 Å². The zero-order valence-corrected chi connectivity index (χ0v) is 10.5. The zero-order valence-electron chi connectivity index (χ0n) is 9.75. The summed E-state index contributed by atoms with van der Waals surface area (Å²) in [6.45, 7) is 1.45. The first-order valence-electron chi connectivity index (χ1n) is 5.15. The van der Waals surface area contributed by atoms with Crippen LogP contribution in [0.5, 0.6) is 5.75 Å². The second-order valence-corrected chi connectivity index (χ2v) is 4.03. The first-order valence-corrected chi connectivity index (χ1v) is 5.53. The minimum atomic E-state index is -0.235. The van der Waals surface area contributed by atoms with Crippen LogP contribution in [0.15, 0.2) is 18.2 Å². The van der Waals surface area contributed by atoms with Gasteiger partial charge < -0.3 is 14.8 Å². The van der Waals surface area contributed by atoms with E-state index in [9.17, 15) is 9.59 Å². The van der Waals surface area contributed by atoms with Gasteiger partial charge in [-0.3, -0.25) is 4.79 Å². The molecule has 0 atom stereocenters. The number of anilines is 1. The summed E-state index contributed by atoms with van der Waals surface area (Å²) in [6, 6.07) is 4.95. The highest BCUT2D eigenvalue weighted by Crippen LogP contribution is 2.27. The van der Waals surface area contributed by atoms with Gasteiger partial charge in [-0.2, -0.15) is 0 Å². The molecule has 92 valence electrons. The number of Topliss-reactive ketones (excluding diaryl/α,β-unsaturated/α-hetero) is 1. The number of hydrogen-bond acceptors (Lipinski definition) is 3. The number of benzene rings is 1. The van der Waals surface area contributed by atoms with Crippen LogP contribution >= 0.6 is 11.6 Å². The largest absolute Gasteiger partial charge is 0.495 e. The maximum absolute atomic E-state index is 11.5. The molecule has 5 heteroatoms. The van der Waals surface area contributed by atoms with E-state index in [1.165, 1.54) is 14.0 Å². The molecule has 0 spiro atoms. The molecule has 0 heterocycles. The highest BCUT2D eigenvalue weighted by Gasteiger charge is 2.08. The van der Waals surface area contributed by atoms with E-state index in [1.54, 1.807) is 18.2 Å². The zero-order chi connectivity index (χ0) is 12.8. The van der Waals surface area contributed by atoms with Crippen molar-refractivity contribution in [2.24, 2.45) is 0 Å². The molecule has 0 saturated carbocycles. The molecule has 0 aliphatic rings. The minimum absolute atomic E-state index is 0.0155. The number of amides is 1. The fourth-order valence-electron chi connectivity index (χ4n) is 1.28. The van der Waals surface area contributed by atoms with Crippen molar-refractivity contribution in [2.45, 2.75) is 19.8 Å². The summed E-state index contributed by atoms with van der Waals surface area (Å²) in [5, 5.41) is 3.16. The maximum atomic E-state index is 11.5. The fraction of sp³-hybridized carbons (Fsp3) is 0.333. The average Bonchev–Trinajstić information content (AvgIpc) is 2.27. The molecule has 17 heavy (non-hydrogen) atoms. The van der Waals surface area contributed by atoms with Crippen LogP contribution in [-0.4, -0.2) is 18.8 Å². The Balaban J connectivity index is 2.69. The molecule has 0 unspecified atom stereocenters. The van der Waals surface area contributed by atoms with E-state index < -0.39 is 0 Å². The van der Waals surface area contributed by atoms with Crippen LogP contribution in [0.3, 0.4) is 0 Å². The van der Waals surface area contributed by atoms with Crippen molar-refractivity contribution < 1.29 is 14.3 Å². The van der Waals surface area contributed by atoms with Gasteiger partial charge in [0.25, 0.3) is 0 Å². The highest BCUT2D eigenvalue weighted by atomic mass is 35.5. The van der Waals surface area contributed by atoms with Gasteiger partial charge in [-0.15, -0.1) is 0 Å². The van der Waals surface area contributed by atoms with Gasteiger partial charge >= 0.3 is 0 Å². The summed E-state index contributed by atoms with van der Waals surface area (Å²) in [4.78, 5) is 22.3. The van der Waals surface area contributed by atoms with Crippen LogP contribution in [0.25, 0.3) is 0 Å². The van der Waals surface area contributed by atoms with Gasteiger partial charge in [0.15, 0.2) is 0 Å². The van der Waals surface area contributed by atoms with Crippen molar-refractivity contribution in [3.63, 3.8) is 0 Å². The summed E-state index contributed by atoms with van der Waals surface area (Å²) in [5.41, 5.74) is 0.508. The molecule has 0 aliphatic carbocycles. The van der Waals surface area contributed by atoms with E-state index in [4.69, 9.17) is 16.3 Å². The number of carbonyl (C=O) groups excluding carboxylic acids is 2. The number of carbonyl (C=O) groups is 2. The van der Waals surface area contributed by atoms with Crippen LogP contribution in [0, 0.1) is 0 Å². The van der Waals surface area contributed by atoms with Gasteiger partial charge in [0, 0.05) is 17.9 Å². The molecule has 0 bridgehead atoms. The Morgan fingerprint density at radius 2 is 2.06 bits per heavy atom. The van der Waals surface area contributed by atoms with E-state index >= 15 is 0 Å². The van der Waals surface area contributed by atoms with Crippen LogP contribution in [0.2, 0.25) is 5.02 Å². The number of hydrogen-bond donors (Lipinski definition) is 1. The highest BCUT2D eigenvalue weighted by molar-refractivity contribution is 6.31. The number of halogens is 1. The van der Waals surface area contributed by atoms with Crippen LogP contribution < -0.4 is 10.1 Å². The molecule has 1 aromatic carbocycles. The Labute approximate surface area is 105 Å². The Kier molecular flexibility index (Phi) is 4.97. The molecule has 4 nitrogen and oxygen atoms in total. The molecule has 0 saturated heterocycles.